The normalized spacial score (nSPS) is 11.1. The van der Waals surface area contributed by atoms with Crippen molar-refractivity contribution < 1.29 is 4.79 Å². The number of nitrogens with one attached hydrogen (secondary N) is 1. The van der Waals surface area contributed by atoms with Crippen LogP contribution in [0.5, 0.6) is 0 Å². The van der Waals surface area contributed by atoms with Gasteiger partial charge in [-0.3, -0.25) is 4.79 Å². The van der Waals surface area contributed by atoms with Gasteiger partial charge in [-0.2, -0.15) is 5.10 Å². The molecule has 0 aliphatic carbocycles. The molecule has 27 heavy (non-hydrogen) atoms. The molecule has 4 aromatic rings. The number of carbonyl (C=O) groups is 1. The van der Waals surface area contributed by atoms with Crippen LogP contribution >= 0.6 is 0 Å². The van der Waals surface area contributed by atoms with Gasteiger partial charge in [0.15, 0.2) is 5.82 Å². The maximum Gasteiger partial charge on any atom is 0.271 e. The minimum absolute atomic E-state index is 0.252. The second kappa shape index (κ2) is 7.66. The first-order valence-corrected chi connectivity index (χ1v) is 8.69. The molecule has 0 saturated heterocycles. The molecule has 0 bridgehead atoms. The number of hydrogen-bond acceptors (Lipinski definition) is 3. The highest BCUT2D eigenvalue weighted by Gasteiger charge is 2.09. The lowest BCUT2D eigenvalue weighted by Gasteiger charge is -2.07. The Kier molecular flexibility index (Phi) is 4.74. The van der Waals surface area contributed by atoms with Crippen molar-refractivity contribution in [1.82, 2.24) is 15.0 Å². The lowest BCUT2D eigenvalue weighted by atomic mass is 10.2. The molecule has 132 valence electrons. The Bertz CT molecular complexity index is 1090. The summed E-state index contributed by atoms with van der Waals surface area (Å²) in [5, 5.41) is 4.11. The SMILES string of the molecule is O=C(NN=Cc1nc2ccccc2n1Cc1ccccc1)c1ccccc1. The second-order valence-electron chi connectivity index (χ2n) is 6.10. The highest BCUT2D eigenvalue weighted by molar-refractivity contribution is 5.94. The van der Waals surface area contributed by atoms with E-state index in [1.807, 2.05) is 60.7 Å². The van der Waals surface area contributed by atoms with Crippen LogP contribution in [0.15, 0.2) is 90.0 Å². The van der Waals surface area contributed by atoms with Gasteiger partial charge in [0.05, 0.1) is 17.2 Å². The molecule has 0 spiro atoms. The fourth-order valence-electron chi connectivity index (χ4n) is 2.93. The highest BCUT2D eigenvalue weighted by atomic mass is 16.2. The molecular formula is C22H18N4O. The number of aromatic nitrogens is 2. The van der Waals surface area contributed by atoms with Gasteiger partial charge in [0.25, 0.3) is 5.91 Å². The van der Waals surface area contributed by atoms with E-state index >= 15 is 0 Å². The summed E-state index contributed by atoms with van der Waals surface area (Å²) in [6.07, 6.45) is 1.59. The Morgan fingerprint density at radius 2 is 1.59 bits per heavy atom. The molecule has 5 nitrogen and oxygen atoms in total. The fraction of sp³-hybridized carbons (Fsp3) is 0.0455. The molecule has 1 amide bonds. The molecule has 0 fully saturated rings. The third-order valence-electron chi connectivity index (χ3n) is 4.25. The number of carbonyl (C=O) groups excluding carboxylic acids is 1. The summed E-state index contributed by atoms with van der Waals surface area (Å²) < 4.78 is 2.09. The third-order valence-corrected chi connectivity index (χ3v) is 4.25. The van der Waals surface area contributed by atoms with Gasteiger partial charge in [0.2, 0.25) is 0 Å². The van der Waals surface area contributed by atoms with E-state index in [0.717, 1.165) is 11.0 Å². The fourth-order valence-corrected chi connectivity index (χ4v) is 2.93. The van der Waals surface area contributed by atoms with E-state index in [0.29, 0.717) is 17.9 Å². The molecule has 1 N–H and O–H groups in total. The van der Waals surface area contributed by atoms with Crippen molar-refractivity contribution in [2.24, 2.45) is 5.10 Å². The average Bonchev–Trinajstić information content (AvgIpc) is 3.07. The van der Waals surface area contributed by atoms with Gasteiger partial charge in [0.1, 0.15) is 0 Å². The number of nitrogens with zero attached hydrogens (tertiary/aromatic N) is 3. The number of amides is 1. The molecule has 0 aliphatic heterocycles. The zero-order valence-electron chi connectivity index (χ0n) is 14.6. The van der Waals surface area contributed by atoms with Gasteiger partial charge in [-0.05, 0) is 29.8 Å². The summed E-state index contributed by atoms with van der Waals surface area (Å²) in [5.41, 5.74) is 6.21. The Hall–Kier alpha value is -3.73. The van der Waals surface area contributed by atoms with Crippen LogP contribution in [0.1, 0.15) is 21.7 Å². The molecule has 1 heterocycles. The smallest absolute Gasteiger partial charge is 0.271 e. The van der Waals surface area contributed by atoms with Crippen molar-refractivity contribution in [3.8, 4) is 0 Å². The van der Waals surface area contributed by atoms with E-state index in [1.165, 1.54) is 5.56 Å². The number of imidazole rings is 1. The molecule has 5 heteroatoms. The first-order chi connectivity index (χ1) is 13.3. The number of hydrogen-bond donors (Lipinski definition) is 1. The third kappa shape index (κ3) is 3.77. The van der Waals surface area contributed by atoms with Crippen LogP contribution in [0.25, 0.3) is 11.0 Å². The topological polar surface area (TPSA) is 59.3 Å². The van der Waals surface area contributed by atoms with Crippen molar-refractivity contribution >= 4 is 23.2 Å². The van der Waals surface area contributed by atoms with Crippen molar-refractivity contribution in [3.05, 3.63) is 102 Å². The minimum atomic E-state index is -0.252. The van der Waals surface area contributed by atoms with Gasteiger partial charge in [-0.15, -0.1) is 0 Å². The first-order valence-electron chi connectivity index (χ1n) is 8.69. The van der Waals surface area contributed by atoms with E-state index in [4.69, 9.17) is 0 Å². The summed E-state index contributed by atoms with van der Waals surface area (Å²) in [7, 11) is 0. The molecule has 4 rings (SSSR count). The summed E-state index contributed by atoms with van der Waals surface area (Å²) in [6, 6.07) is 27.1. The standard InChI is InChI=1S/C22H18N4O/c27-22(18-11-5-2-6-12-18)25-23-15-21-24-19-13-7-8-14-20(19)26(21)16-17-9-3-1-4-10-17/h1-15H,16H2,(H,25,27). The van der Waals surface area contributed by atoms with E-state index < -0.39 is 0 Å². The van der Waals surface area contributed by atoms with E-state index in [1.54, 1.807) is 18.3 Å². The quantitative estimate of drug-likeness (QED) is 0.437. The molecule has 3 aromatic carbocycles. The van der Waals surface area contributed by atoms with Gasteiger partial charge < -0.3 is 4.57 Å². The Balaban J connectivity index is 1.61. The highest BCUT2D eigenvalue weighted by Crippen LogP contribution is 2.17. The molecular weight excluding hydrogens is 336 g/mol. The minimum Gasteiger partial charge on any atom is -0.319 e. The van der Waals surface area contributed by atoms with Crippen molar-refractivity contribution in [3.63, 3.8) is 0 Å². The summed E-state index contributed by atoms with van der Waals surface area (Å²) in [5.74, 6) is 0.436. The molecule has 0 aliphatic rings. The lowest BCUT2D eigenvalue weighted by molar-refractivity contribution is 0.0955. The Morgan fingerprint density at radius 1 is 0.926 bits per heavy atom. The van der Waals surface area contributed by atoms with Crippen LogP contribution in [0.3, 0.4) is 0 Å². The van der Waals surface area contributed by atoms with Crippen molar-refractivity contribution in [2.45, 2.75) is 6.54 Å². The van der Waals surface area contributed by atoms with Crippen LogP contribution in [0, 0.1) is 0 Å². The van der Waals surface area contributed by atoms with Crippen molar-refractivity contribution in [1.29, 1.82) is 0 Å². The van der Waals surface area contributed by atoms with Gasteiger partial charge in [0, 0.05) is 12.1 Å². The first kappa shape index (κ1) is 16.7. The Morgan fingerprint density at radius 3 is 2.37 bits per heavy atom. The van der Waals surface area contributed by atoms with Crippen LogP contribution in [-0.2, 0) is 6.54 Å². The van der Waals surface area contributed by atoms with Crippen LogP contribution in [-0.4, -0.2) is 21.7 Å². The maximum atomic E-state index is 12.1. The van der Waals surface area contributed by atoms with Gasteiger partial charge in [-0.25, -0.2) is 10.4 Å². The van der Waals surface area contributed by atoms with E-state index in [9.17, 15) is 4.79 Å². The molecule has 0 atom stereocenters. The van der Waals surface area contributed by atoms with Crippen LogP contribution in [0.2, 0.25) is 0 Å². The Labute approximate surface area is 157 Å². The van der Waals surface area contributed by atoms with Crippen LogP contribution < -0.4 is 5.43 Å². The molecule has 0 saturated carbocycles. The number of rotatable bonds is 5. The zero-order valence-corrected chi connectivity index (χ0v) is 14.6. The van der Waals surface area contributed by atoms with E-state index in [-0.39, 0.29) is 5.91 Å². The average molecular weight is 354 g/mol. The van der Waals surface area contributed by atoms with Gasteiger partial charge >= 0.3 is 0 Å². The molecule has 0 unspecified atom stereocenters. The molecule has 1 aromatic heterocycles. The molecule has 0 radical (unpaired) electrons. The van der Waals surface area contributed by atoms with Crippen molar-refractivity contribution in [2.75, 3.05) is 0 Å². The number of para-hydroxylation sites is 2. The number of benzene rings is 3. The maximum absolute atomic E-state index is 12.1. The predicted octanol–water partition coefficient (Wildman–Crippen LogP) is 3.85. The van der Waals surface area contributed by atoms with Crippen LogP contribution in [0.4, 0.5) is 0 Å². The summed E-state index contributed by atoms with van der Waals surface area (Å²) in [4.78, 5) is 16.8. The largest absolute Gasteiger partial charge is 0.319 e. The van der Waals surface area contributed by atoms with Gasteiger partial charge in [-0.1, -0.05) is 60.7 Å². The van der Waals surface area contributed by atoms with E-state index in [2.05, 4.69) is 32.2 Å². The lowest BCUT2D eigenvalue weighted by Crippen LogP contribution is -2.18. The monoisotopic (exact) mass is 354 g/mol. The second-order valence-corrected chi connectivity index (χ2v) is 6.10. The number of hydrazone groups is 1. The predicted molar refractivity (Wildman–Crippen MR) is 107 cm³/mol. The summed E-state index contributed by atoms with van der Waals surface area (Å²) in [6.45, 7) is 0.676. The summed E-state index contributed by atoms with van der Waals surface area (Å²) >= 11 is 0. The zero-order chi connectivity index (χ0) is 18.5. The number of fused-ring (bicyclic) bond motifs is 1.